The van der Waals surface area contributed by atoms with Crippen LogP contribution in [0.5, 0.6) is 0 Å². The lowest BCUT2D eigenvalue weighted by Crippen LogP contribution is -2.17. The molecule has 86 valence electrons. The highest BCUT2D eigenvalue weighted by Gasteiger charge is 2.20. The lowest BCUT2D eigenvalue weighted by Gasteiger charge is -2.03. The summed E-state index contributed by atoms with van der Waals surface area (Å²) in [6.07, 6.45) is 0. The van der Waals surface area contributed by atoms with Gasteiger partial charge in [-0.25, -0.2) is 9.18 Å². The second-order valence-corrected chi connectivity index (χ2v) is 4.00. The molecule has 0 saturated heterocycles. The zero-order valence-electron chi connectivity index (χ0n) is 8.22. The summed E-state index contributed by atoms with van der Waals surface area (Å²) in [5.41, 5.74) is -0.135. The lowest BCUT2D eigenvalue weighted by atomic mass is 10.1. The van der Waals surface area contributed by atoms with E-state index in [1.807, 2.05) is 0 Å². The Hall–Kier alpha value is -0.940. The average Bonchev–Trinajstić information content (AvgIpc) is 2.24. The van der Waals surface area contributed by atoms with Crippen LogP contribution in [0.4, 0.5) is 4.39 Å². The number of halogens is 3. The number of carbonyl (C=O) groups excluding carboxylic acids is 2. The van der Waals surface area contributed by atoms with E-state index >= 15 is 0 Å². The van der Waals surface area contributed by atoms with Gasteiger partial charge < -0.3 is 4.74 Å². The number of esters is 1. The van der Waals surface area contributed by atoms with Crippen LogP contribution in [-0.4, -0.2) is 18.4 Å². The fourth-order valence-electron chi connectivity index (χ4n) is 1.00. The Morgan fingerprint density at radius 2 is 2.12 bits per heavy atom. The molecular formula is C10H7BrClFO3. The van der Waals surface area contributed by atoms with Crippen LogP contribution in [-0.2, 0) is 9.53 Å². The van der Waals surface area contributed by atoms with Crippen LogP contribution in [0.1, 0.15) is 17.3 Å². The van der Waals surface area contributed by atoms with Gasteiger partial charge in [0.25, 0.3) is 5.78 Å². The first-order valence-corrected chi connectivity index (χ1v) is 5.50. The molecule has 0 aromatic heterocycles. The molecule has 1 rings (SSSR count). The Morgan fingerprint density at radius 3 is 2.62 bits per heavy atom. The Labute approximate surface area is 105 Å². The van der Waals surface area contributed by atoms with E-state index in [4.69, 9.17) is 11.6 Å². The monoisotopic (exact) mass is 308 g/mol. The largest absolute Gasteiger partial charge is 0.460 e. The summed E-state index contributed by atoms with van der Waals surface area (Å²) in [6.45, 7) is 1.65. The Morgan fingerprint density at radius 1 is 1.50 bits per heavy atom. The van der Waals surface area contributed by atoms with Crippen molar-refractivity contribution in [3.63, 3.8) is 0 Å². The maximum absolute atomic E-state index is 13.2. The minimum atomic E-state index is -1.03. The van der Waals surface area contributed by atoms with Gasteiger partial charge >= 0.3 is 5.97 Å². The third-order valence-corrected chi connectivity index (χ3v) is 3.04. The van der Waals surface area contributed by atoms with Gasteiger partial charge in [0.15, 0.2) is 0 Å². The number of hydrogen-bond donors (Lipinski definition) is 0. The predicted molar refractivity (Wildman–Crippen MR) is 60.1 cm³/mol. The number of rotatable bonds is 3. The van der Waals surface area contributed by atoms with E-state index in [1.54, 1.807) is 6.92 Å². The molecule has 0 bridgehead atoms. The molecule has 0 heterocycles. The van der Waals surface area contributed by atoms with E-state index in [0.29, 0.717) is 0 Å². The van der Waals surface area contributed by atoms with Gasteiger partial charge in [-0.1, -0.05) is 11.6 Å². The molecule has 0 aliphatic heterocycles. The molecule has 0 aliphatic rings. The van der Waals surface area contributed by atoms with Crippen molar-refractivity contribution in [3.8, 4) is 0 Å². The summed E-state index contributed by atoms with van der Waals surface area (Å²) in [5.74, 6) is -2.66. The summed E-state index contributed by atoms with van der Waals surface area (Å²) in [4.78, 5) is 22.5. The maximum Gasteiger partial charge on any atom is 0.379 e. The van der Waals surface area contributed by atoms with Crippen LogP contribution >= 0.6 is 27.5 Å². The summed E-state index contributed by atoms with van der Waals surface area (Å²) in [5, 5.41) is 0.0210. The quantitative estimate of drug-likeness (QED) is 0.373. The molecule has 1 aromatic carbocycles. The van der Waals surface area contributed by atoms with Crippen molar-refractivity contribution >= 4 is 39.3 Å². The number of hydrogen-bond acceptors (Lipinski definition) is 3. The van der Waals surface area contributed by atoms with Gasteiger partial charge in [0.05, 0.1) is 16.1 Å². The topological polar surface area (TPSA) is 43.4 Å². The molecule has 0 N–H and O–H groups in total. The first-order valence-electron chi connectivity index (χ1n) is 4.33. The molecule has 1 aromatic rings. The second-order valence-electron chi connectivity index (χ2n) is 2.80. The van der Waals surface area contributed by atoms with E-state index in [-0.39, 0.29) is 21.7 Å². The molecule has 0 radical (unpaired) electrons. The van der Waals surface area contributed by atoms with Crippen LogP contribution in [0, 0.1) is 5.82 Å². The molecule has 0 saturated carbocycles. The van der Waals surface area contributed by atoms with Crippen LogP contribution in [0.25, 0.3) is 0 Å². The van der Waals surface area contributed by atoms with E-state index < -0.39 is 17.6 Å². The number of carbonyl (C=O) groups is 2. The van der Waals surface area contributed by atoms with Crippen LogP contribution in [0.3, 0.4) is 0 Å². The van der Waals surface area contributed by atoms with Crippen molar-refractivity contribution < 1.29 is 18.7 Å². The SMILES string of the molecule is CCOC(=O)C(=O)c1cc(F)c(Br)c(Cl)c1. The van der Waals surface area contributed by atoms with Crippen molar-refractivity contribution in [2.75, 3.05) is 6.61 Å². The molecule has 0 fully saturated rings. The minimum absolute atomic E-state index is 0.0210. The molecule has 16 heavy (non-hydrogen) atoms. The molecule has 0 amide bonds. The van der Waals surface area contributed by atoms with Gasteiger partial charge in [0, 0.05) is 5.56 Å². The Kier molecular flexibility index (Phi) is 4.44. The highest BCUT2D eigenvalue weighted by atomic mass is 79.9. The minimum Gasteiger partial charge on any atom is -0.460 e. The molecule has 0 spiro atoms. The van der Waals surface area contributed by atoms with Gasteiger partial charge in [-0.2, -0.15) is 0 Å². The van der Waals surface area contributed by atoms with Gasteiger partial charge in [-0.3, -0.25) is 4.79 Å². The molecule has 6 heteroatoms. The molecule has 0 unspecified atom stereocenters. The van der Waals surface area contributed by atoms with Crippen LogP contribution in [0.2, 0.25) is 5.02 Å². The summed E-state index contributed by atoms with van der Waals surface area (Å²) < 4.78 is 17.8. The van der Waals surface area contributed by atoms with Gasteiger partial charge in [-0.15, -0.1) is 0 Å². The van der Waals surface area contributed by atoms with E-state index in [9.17, 15) is 14.0 Å². The highest BCUT2D eigenvalue weighted by molar-refractivity contribution is 9.10. The first-order chi connectivity index (χ1) is 7.47. The summed E-state index contributed by atoms with van der Waals surface area (Å²) in [6, 6.07) is 2.13. The predicted octanol–water partition coefficient (Wildman–Crippen LogP) is 2.99. The fourth-order valence-corrected chi connectivity index (χ4v) is 1.44. The smallest absolute Gasteiger partial charge is 0.379 e. The number of Topliss-reactive ketones (excluding diaryl/α,β-unsaturated/α-hetero) is 1. The number of ketones is 1. The van der Waals surface area contributed by atoms with Crippen LogP contribution in [0.15, 0.2) is 16.6 Å². The Bertz CT molecular complexity index is 425. The molecule has 0 atom stereocenters. The summed E-state index contributed by atoms with van der Waals surface area (Å²) >= 11 is 8.55. The van der Waals surface area contributed by atoms with Crippen molar-refractivity contribution in [1.29, 1.82) is 0 Å². The van der Waals surface area contributed by atoms with E-state index in [0.717, 1.165) is 6.07 Å². The number of ether oxygens (including phenoxy) is 1. The average molecular weight is 310 g/mol. The summed E-state index contributed by atoms with van der Waals surface area (Å²) in [7, 11) is 0. The van der Waals surface area contributed by atoms with Crippen molar-refractivity contribution in [2.24, 2.45) is 0 Å². The third-order valence-electron chi connectivity index (χ3n) is 1.71. The molecule has 0 aliphatic carbocycles. The number of benzene rings is 1. The van der Waals surface area contributed by atoms with Gasteiger partial charge in [-0.05, 0) is 35.0 Å². The zero-order chi connectivity index (χ0) is 12.3. The van der Waals surface area contributed by atoms with Crippen LogP contribution < -0.4 is 0 Å². The van der Waals surface area contributed by atoms with Crippen molar-refractivity contribution in [2.45, 2.75) is 6.92 Å². The second kappa shape index (κ2) is 5.41. The van der Waals surface area contributed by atoms with Crippen molar-refractivity contribution in [3.05, 3.63) is 33.0 Å². The van der Waals surface area contributed by atoms with Gasteiger partial charge in [0.2, 0.25) is 0 Å². The standard InChI is InChI=1S/C10H7BrClFO3/c1-2-16-10(15)9(14)5-3-6(12)8(11)7(13)4-5/h3-4H,2H2,1H3. The normalized spacial score (nSPS) is 10.0. The fraction of sp³-hybridized carbons (Fsp3) is 0.200. The van der Waals surface area contributed by atoms with Gasteiger partial charge in [0.1, 0.15) is 5.82 Å². The lowest BCUT2D eigenvalue weighted by molar-refractivity contribution is -0.137. The van der Waals surface area contributed by atoms with E-state index in [2.05, 4.69) is 20.7 Å². The third kappa shape index (κ3) is 2.80. The molecular weight excluding hydrogens is 302 g/mol. The maximum atomic E-state index is 13.2. The first kappa shape index (κ1) is 13.1. The van der Waals surface area contributed by atoms with E-state index in [1.165, 1.54) is 6.07 Å². The zero-order valence-corrected chi connectivity index (χ0v) is 10.6. The highest BCUT2D eigenvalue weighted by Crippen LogP contribution is 2.27. The van der Waals surface area contributed by atoms with Crippen molar-refractivity contribution in [1.82, 2.24) is 0 Å². The Balaban J connectivity index is 3.06. The molecule has 3 nitrogen and oxygen atoms in total.